The van der Waals surface area contributed by atoms with Gasteiger partial charge < -0.3 is 16.0 Å². The van der Waals surface area contributed by atoms with E-state index >= 15 is 0 Å². The van der Waals surface area contributed by atoms with Crippen LogP contribution >= 0.6 is 11.3 Å². The Balaban J connectivity index is 1.84. The van der Waals surface area contributed by atoms with Crippen LogP contribution in [0, 0.1) is 11.8 Å². The predicted octanol–water partition coefficient (Wildman–Crippen LogP) is 0.754. The minimum absolute atomic E-state index is 0.0858. The Morgan fingerprint density at radius 2 is 2.42 bits per heavy atom. The van der Waals surface area contributed by atoms with E-state index in [4.69, 9.17) is 5.73 Å². The van der Waals surface area contributed by atoms with Crippen molar-refractivity contribution in [1.82, 2.24) is 15.3 Å². The third-order valence-corrected chi connectivity index (χ3v) is 3.35. The molecule has 4 N–H and O–H groups in total. The SMILES string of the molecule is NCC#Cc1ccc(C(=O)NCCc2ncc[nH]2)s1. The second kappa shape index (κ2) is 6.73. The van der Waals surface area contributed by atoms with Gasteiger partial charge in [0, 0.05) is 25.4 Å². The number of nitrogens with zero attached hydrogens (tertiary/aromatic N) is 1. The fourth-order valence-corrected chi connectivity index (χ4v) is 2.28. The maximum absolute atomic E-state index is 11.9. The molecule has 0 unspecified atom stereocenters. The molecule has 2 rings (SSSR count). The van der Waals surface area contributed by atoms with E-state index in [0.717, 1.165) is 10.7 Å². The fraction of sp³-hybridized carbons (Fsp3) is 0.231. The second-order valence-corrected chi connectivity index (χ2v) is 4.80. The van der Waals surface area contributed by atoms with E-state index in [1.165, 1.54) is 11.3 Å². The molecule has 0 radical (unpaired) electrons. The van der Waals surface area contributed by atoms with Gasteiger partial charge in [-0.05, 0) is 12.1 Å². The van der Waals surface area contributed by atoms with Gasteiger partial charge in [0.05, 0.1) is 16.3 Å². The van der Waals surface area contributed by atoms with Crippen molar-refractivity contribution in [2.75, 3.05) is 13.1 Å². The number of hydrogen-bond donors (Lipinski definition) is 3. The van der Waals surface area contributed by atoms with Crippen LogP contribution in [-0.2, 0) is 6.42 Å². The van der Waals surface area contributed by atoms with Gasteiger partial charge in [0.1, 0.15) is 5.82 Å². The molecule has 6 heteroatoms. The number of aromatic amines is 1. The average molecular weight is 274 g/mol. The average Bonchev–Trinajstić information content (AvgIpc) is 3.07. The molecular formula is C13H14N4OS. The third kappa shape index (κ3) is 3.95. The van der Waals surface area contributed by atoms with Gasteiger partial charge in [0.2, 0.25) is 0 Å². The van der Waals surface area contributed by atoms with Crippen molar-refractivity contribution in [2.45, 2.75) is 6.42 Å². The number of H-pyrrole nitrogens is 1. The highest BCUT2D eigenvalue weighted by Crippen LogP contribution is 2.14. The molecule has 2 aromatic rings. The van der Waals surface area contributed by atoms with E-state index < -0.39 is 0 Å². The number of thiophene rings is 1. The molecule has 0 spiro atoms. The highest BCUT2D eigenvalue weighted by Gasteiger charge is 2.08. The molecule has 0 aliphatic carbocycles. The zero-order valence-electron chi connectivity index (χ0n) is 10.3. The second-order valence-electron chi connectivity index (χ2n) is 3.71. The normalized spacial score (nSPS) is 9.74. The number of hydrogen-bond acceptors (Lipinski definition) is 4. The van der Waals surface area contributed by atoms with Crippen LogP contribution in [-0.4, -0.2) is 29.0 Å². The number of carbonyl (C=O) groups excluding carboxylic acids is 1. The molecule has 0 aliphatic rings. The van der Waals surface area contributed by atoms with Gasteiger partial charge in [0.25, 0.3) is 5.91 Å². The summed E-state index contributed by atoms with van der Waals surface area (Å²) in [6, 6.07) is 3.60. The lowest BCUT2D eigenvalue weighted by atomic mass is 10.3. The van der Waals surface area contributed by atoms with E-state index in [-0.39, 0.29) is 5.91 Å². The summed E-state index contributed by atoms with van der Waals surface area (Å²) >= 11 is 1.36. The van der Waals surface area contributed by atoms with Crippen LogP contribution < -0.4 is 11.1 Å². The lowest BCUT2D eigenvalue weighted by Gasteiger charge is -2.01. The van der Waals surface area contributed by atoms with Crippen LogP contribution in [0.15, 0.2) is 24.5 Å². The zero-order chi connectivity index (χ0) is 13.5. The maximum Gasteiger partial charge on any atom is 0.261 e. The lowest BCUT2D eigenvalue weighted by molar-refractivity contribution is 0.0958. The summed E-state index contributed by atoms with van der Waals surface area (Å²) in [6.45, 7) is 0.872. The van der Waals surface area contributed by atoms with Crippen molar-refractivity contribution in [3.63, 3.8) is 0 Å². The molecule has 0 fully saturated rings. The first-order chi connectivity index (χ1) is 9.29. The van der Waals surface area contributed by atoms with E-state index in [1.807, 2.05) is 6.07 Å². The van der Waals surface area contributed by atoms with E-state index in [9.17, 15) is 4.79 Å². The molecule has 1 amide bonds. The van der Waals surface area contributed by atoms with Crippen LogP contribution in [0.3, 0.4) is 0 Å². The molecule has 2 heterocycles. The summed E-state index contributed by atoms with van der Waals surface area (Å²) in [5.74, 6) is 6.45. The van der Waals surface area contributed by atoms with Gasteiger partial charge >= 0.3 is 0 Å². The first-order valence-corrected chi connectivity index (χ1v) is 6.66. The molecular weight excluding hydrogens is 260 g/mol. The third-order valence-electron chi connectivity index (χ3n) is 2.35. The van der Waals surface area contributed by atoms with Crippen LogP contribution in [0.5, 0.6) is 0 Å². The molecule has 0 saturated carbocycles. The number of nitrogens with two attached hydrogens (primary N) is 1. The van der Waals surface area contributed by atoms with E-state index in [2.05, 4.69) is 27.1 Å². The number of nitrogens with one attached hydrogen (secondary N) is 2. The standard InChI is InChI=1S/C13H14N4OS/c14-6-1-2-10-3-4-11(19-10)13(18)17-7-5-12-15-8-9-16-12/h3-4,8-9H,5-7,14H2,(H,15,16)(H,17,18). The quantitative estimate of drug-likeness (QED) is 0.719. The maximum atomic E-state index is 11.9. The number of carbonyl (C=O) groups is 1. The van der Waals surface area contributed by atoms with Crippen LogP contribution in [0.25, 0.3) is 0 Å². The molecule has 0 bridgehead atoms. The van der Waals surface area contributed by atoms with Crippen LogP contribution in [0.2, 0.25) is 0 Å². The summed E-state index contributed by atoms with van der Waals surface area (Å²) in [4.78, 5) is 20.4. The van der Waals surface area contributed by atoms with Crippen molar-refractivity contribution in [3.8, 4) is 11.8 Å². The fourth-order valence-electron chi connectivity index (χ4n) is 1.48. The number of amides is 1. The summed E-state index contributed by atoms with van der Waals surface area (Å²) in [6.07, 6.45) is 4.14. The van der Waals surface area contributed by atoms with Crippen LogP contribution in [0.1, 0.15) is 20.4 Å². The van der Waals surface area contributed by atoms with Gasteiger partial charge in [-0.3, -0.25) is 4.79 Å². The van der Waals surface area contributed by atoms with E-state index in [0.29, 0.717) is 24.4 Å². The highest BCUT2D eigenvalue weighted by atomic mass is 32.1. The van der Waals surface area contributed by atoms with Crippen LogP contribution in [0.4, 0.5) is 0 Å². The van der Waals surface area contributed by atoms with Gasteiger partial charge in [-0.1, -0.05) is 11.8 Å². The predicted molar refractivity (Wildman–Crippen MR) is 74.9 cm³/mol. The Morgan fingerprint density at radius 3 is 3.16 bits per heavy atom. The summed E-state index contributed by atoms with van der Waals surface area (Å²) < 4.78 is 0. The first kappa shape index (κ1) is 13.3. The van der Waals surface area contributed by atoms with Crippen molar-refractivity contribution >= 4 is 17.2 Å². The van der Waals surface area contributed by atoms with Gasteiger partial charge in [-0.2, -0.15) is 0 Å². The van der Waals surface area contributed by atoms with Crippen molar-refractivity contribution in [1.29, 1.82) is 0 Å². The number of aromatic nitrogens is 2. The summed E-state index contributed by atoms with van der Waals surface area (Å²) in [7, 11) is 0. The van der Waals surface area contributed by atoms with Crippen molar-refractivity contribution < 1.29 is 4.79 Å². The minimum atomic E-state index is -0.0858. The van der Waals surface area contributed by atoms with Gasteiger partial charge in [-0.15, -0.1) is 11.3 Å². The van der Waals surface area contributed by atoms with E-state index in [1.54, 1.807) is 18.5 Å². The Morgan fingerprint density at radius 1 is 1.53 bits per heavy atom. The van der Waals surface area contributed by atoms with Gasteiger partial charge in [0.15, 0.2) is 0 Å². The zero-order valence-corrected chi connectivity index (χ0v) is 11.1. The molecule has 0 saturated heterocycles. The Labute approximate surface area is 115 Å². The molecule has 98 valence electrons. The van der Waals surface area contributed by atoms with Gasteiger partial charge in [-0.25, -0.2) is 4.98 Å². The highest BCUT2D eigenvalue weighted by molar-refractivity contribution is 7.14. The largest absolute Gasteiger partial charge is 0.351 e. The topological polar surface area (TPSA) is 83.8 Å². The lowest BCUT2D eigenvalue weighted by Crippen LogP contribution is -2.25. The molecule has 19 heavy (non-hydrogen) atoms. The number of rotatable bonds is 4. The molecule has 0 atom stereocenters. The Kier molecular flexibility index (Phi) is 4.72. The summed E-state index contributed by atoms with van der Waals surface area (Å²) in [5.41, 5.74) is 5.30. The molecule has 5 nitrogen and oxygen atoms in total. The minimum Gasteiger partial charge on any atom is -0.351 e. The van der Waals surface area contributed by atoms with Crippen molar-refractivity contribution in [3.05, 3.63) is 40.1 Å². The first-order valence-electron chi connectivity index (χ1n) is 5.85. The molecule has 0 aliphatic heterocycles. The Hall–Kier alpha value is -2.10. The molecule has 0 aromatic carbocycles. The summed E-state index contributed by atoms with van der Waals surface area (Å²) in [5, 5.41) is 2.85. The number of imidazole rings is 1. The smallest absolute Gasteiger partial charge is 0.261 e. The monoisotopic (exact) mass is 274 g/mol. The Bertz CT molecular complexity index is 592. The molecule has 2 aromatic heterocycles. The van der Waals surface area contributed by atoms with Crippen molar-refractivity contribution in [2.24, 2.45) is 5.73 Å².